The first-order valence-electron chi connectivity index (χ1n) is 5.13. The van der Waals surface area contributed by atoms with E-state index in [-0.39, 0.29) is 0 Å². The molecule has 0 spiro atoms. The Morgan fingerprint density at radius 1 is 1.50 bits per heavy atom. The van der Waals surface area contributed by atoms with Gasteiger partial charge < -0.3 is 20.8 Å². The lowest BCUT2D eigenvalue weighted by molar-refractivity contribution is -0.140. The lowest BCUT2D eigenvalue weighted by Crippen LogP contribution is -2.48. The first kappa shape index (κ1) is 13.1. The first-order valence-corrected chi connectivity index (χ1v) is 6.18. The quantitative estimate of drug-likeness (QED) is 0.532. The van der Waals surface area contributed by atoms with Crippen molar-refractivity contribution in [2.24, 2.45) is 0 Å². The summed E-state index contributed by atoms with van der Waals surface area (Å²) in [6.45, 7) is -0.0742. The van der Waals surface area contributed by atoms with Crippen molar-refractivity contribution in [1.82, 2.24) is 10.6 Å². The van der Waals surface area contributed by atoms with Gasteiger partial charge in [0.15, 0.2) is 6.04 Å². The van der Waals surface area contributed by atoms with Crippen LogP contribution in [0.4, 0.5) is 4.79 Å². The molecule has 16 heavy (non-hydrogen) atoms. The number of hydrogen-bond donors (Lipinski definition) is 4. The van der Waals surface area contributed by atoms with E-state index in [1.54, 1.807) is 0 Å². The van der Waals surface area contributed by atoms with Crippen molar-refractivity contribution >= 4 is 23.8 Å². The molecule has 0 bridgehead atoms. The molecule has 2 amide bonds. The van der Waals surface area contributed by atoms with Crippen LogP contribution in [0.1, 0.15) is 12.8 Å². The third-order valence-electron chi connectivity index (χ3n) is 2.30. The minimum absolute atomic E-state index is 0.420. The van der Waals surface area contributed by atoms with E-state index in [2.05, 4.69) is 10.6 Å². The topological polar surface area (TPSA) is 98.7 Å². The fourth-order valence-electron chi connectivity index (χ4n) is 1.41. The van der Waals surface area contributed by atoms with Crippen LogP contribution in [0.3, 0.4) is 0 Å². The number of hydrogen-bond acceptors (Lipinski definition) is 4. The van der Waals surface area contributed by atoms with Crippen molar-refractivity contribution < 1.29 is 19.8 Å². The highest BCUT2D eigenvalue weighted by molar-refractivity contribution is 8.00. The molecule has 4 N–H and O–H groups in total. The highest BCUT2D eigenvalue weighted by Gasteiger charge is 2.20. The molecular weight excluding hydrogens is 232 g/mol. The molecule has 0 aromatic heterocycles. The van der Waals surface area contributed by atoms with E-state index in [1.165, 1.54) is 0 Å². The van der Waals surface area contributed by atoms with E-state index in [0.29, 0.717) is 11.8 Å². The van der Waals surface area contributed by atoms with E-state index in [4.69, 9.17) is 10.2 Å². The van der Waals surface area contributed by atoms with Crippen LogP contribution < -0.4 is 10.6 Å². The number of rotatable bonds is 5. The van der Waals surface area contributed by atoms with E-state index in [9.17, 15) is 9.59 Å². The molecule has 0 aromatic rings. The zero-order chi connectivity index (χ0) is 12.0. The van der Waals surface area contributed by atoms with Gasteiger partial charge in [0, 0.05) is 11.8 Å². The standard InChI is InChI=1S/C9H16N2O4S/c12-5-7(8(13)14)11-9(15)10-4-6-2-1-3-16-6/h6-7,12H,1-5H2,(H,13,14)(H2,10,11,15)/t6?,7-/m0/s1. The molecule has 1 aliphatic heterocycles. The van der Waals surface area contributed by atoms with Gasteiger partial charge in [0.2, 0.25) is 0 Å². The van der Waals surface area contributed by atoms with Crippen molar-refractivity contribution in [3.8, 4) is 0 Å². The third kappa shape index (κ3) is 4.28. The molecule has 1 rings (SSSR count). The maximum Gasteiger partial charge on any atom is 0.328 e. The molecule has 6 nitrogen and oxygen atoms in total. The number of nitrogens with one attached hydrogen (secondary N) is 2. The van der Waals surface area contributed by atoms with Crippen molar-refractivity contribution in [2.45, 2.75) is 24.1 Å². The molecule has 0 saturated carbocycles. The van der Waals surface area contributed by atoms with Gasteiger partial charge in [-0.2, -0.15) is 11.8 Å². The second-order valence-corrected chi connectivity index (χ2v) is 4.97. The number of aliphatic hydroxyl groups excluding tert-OH is 1. The van der Waals surface area contributed by atoms with E-state index >= 15 is 0 Å². The molecule has 92 valence electrons. The Hall–Kier alpha value is -0.950. The van der Waals surface area contributed by atoms with Crippen LogP contribution in [-0.4, -0.2) is 52.4 Å². The van der Waals surface area contributed by atoms with Gasteiger partial charge in [0.1, 0.15) is 0 Å². The average Bonchev–Trinajstić information content (AvgIpc) is 2.75. The molecule has 1 unspecified atom stereocenters. The predicted octanol–water partition coefficient (Wildman–Crippen LogP) is -0.373. The monoisotopic (exact) mass is 248 g/mol. The molecule has 1 fully saturated rings. The molecule has 1 saturated heterocycles. The van der Waals surface area contributed by atoms with E-state index in [1.807, 2.05) is 11.8 Å². The van der Waals surface area contributed by atoms with Crippen LogP contribution in [0.15, 0.2) is 0 Å². The summed E-state index contributed by atoms with van der Waals surface area (Å²) in [7, 11) is 0. The van der Waals surface area contributed by atoms with Crippen LogP contribution >= 0.6 is 11.8 Å². The van der Waals surface area contributed by atoms with Gasteiger partial charge in [-0.3, -0.25) is 0 Å². The Bertz CT molecular complexity index is 256. The lowest BCUT2D eigenvalue weighted by Gasteiger charge is -2.14. The predicted molar refractivity (Wildman–Crippen MR) is 60.5 cm³/mol. The molecule has 0 aliphatic carbocycles. The molecule has 1 heterocycles. The second-order valence-electron chi connectivity index (χ2n) is 3.56. The lowest BCUT2D eigenvalue weighted by atomic mass is 10.2. The normalized spacial score (nSPS) is 21.4. The van der Waals surface area contributed by atoms with Gasteiger partial charge in [-0.05, 0) is 18.6 Å². The zero-order valence-electron chi connectivity index (χ0n) is 8.81. The van der Waals surface area contributed by atoms with Gasteiger partial charge in [-0.15, -0.1) is 0 Å². The fraction of sp³-hybridized carbons (Fsp3) is 0.778. The van der Waals surface area contributed by atoms with E-state index < -0.39 is 24.6 Å². The van der Waals surface area contributed by atoms with Crippen LogP contribution in [0.2, 0.25) is 0 Å². The minimum Gasteiger partial charge on any atom is -0.480 e. The molecular formula is C9H16N2O4S. The Balaban J connectivity index is 2.21. The summed E-state index contributed by atoms with van der Waals surface area (Å²) < 4.78 is 0. The number of carboxylic acids is 1. The number of urea groups is 1. The van der Waals surface area contributed by atoms with Crippen molar-refractivity contribution in [2.75, 3.05) is 18.9 Å². The summed E-state index contributed by atoms with van der Waals surface area (Å²) in [5.41, 5.74) is 0. The molecule has 7 heteroatoms. The van der Waals surface area contributed by atoms with Crippen LogP contribution in [0.5, 0.6) is 0 Å². The SMILES string of the molecule is O=C(NCC1CCCS1)N[C@@H](CO)C(=O)O. The Labute approximate surface area is 97.8 Å². The zero-order valence-corrected chi connectivity index (χ0v) is 9.63. The second kappa shape index (κ2) is 6.59. The van der Waals surface area contributed by atoms with Crippen molar-refractivity contribution in [1.29, 1.82) is 0 Å². The highest BCUT2D eigenvalue weighted by Crippen LogP contribution is 2.25. The summed E-state index contributed by atoms with van der Waals surface area (Å²) in [4.78, 5) is 21.8. The minimum atomic E-state index is -1.24. The summed E-state index contributed by atoms with van der Waals surface area (Å²) in [5.74, 6) is -0.129. The summed E-state index contributed by atoms with van der Waals surface area (Å²) >= 11 is 1.81. The fourth-order valence-corrected chi connectivity index (χ4v) is 2.61. The molecule has 0 radical (unpaired) electrons. The maximum atomic E-state index is 11.3. The Morgan fingerprint density at radius 3 is 2.75 bits per heavy atom. The number of amides is 2. The largest absolute Gasteiger partial charge is 0.480 e. The number of carboxylic acid groups (broad SMARTS) is 1. The smallest absolute Gasteiger partial charge is 0.328 e. The van der Waals surface area contributed by atoms with Crippen molar-refractivity contribution in [3.63, 3.8) is 0 Å². The number of carbonyl (C=O) groups is 2. The maximum absolute atomic E-state index is 11.3. The van der Waals surface area contributed by atoms with E-state index in [0.717, 1.165) is 18.6 Å². The number of thioether (sulfide) groups is 1. The highest BCUT2D eigenvalue weighted by atomic mass is 32.2. The number of aliphatic hydroxyl groups is 1. The summed E-state index contributed by atoms with van der Waals surface area (Å²) in [6.07, 6.45) is 2.24. The summed E-state index contributed by atoms with van der Waals surface area (Å²) in [5, 5.41) is 22.5. The first-order chi connectivity index (χ1) is 7.63. The van der Waals surface area contributed by atoms with Crippen LogP contribution in [0.25, 0.3) is 0 Å². The number of aliphatic carboxylic acids is 1. The van der Waals surface area contributed by atoms with Gasteiger partial charge in [-0.1, -0.05) is 0 Å². The van der Waals surface area contributed by atoms with Crippen LogP contribution in [0, 0.1) is 0 Å². The van der Waals surface area contributed by atoms with Gasteiger partial charge in [0.25, 0.3) is 0 Å². The molecule has 0 aromatic carbocycles. The Kier molecular flexibility index (Phi) is 5.41. The van der Waals surface area contributed by atoms with Crippen molar-refractivity contribution in [3.05, 3.63) is 0 Å². The molecule has 1 aliphatic rings. The molecule has 2 atom stereocenters. The average molecular weight is 248 g/mol. The van der Waals surface area contributed by atoms with Gasteiger partial charge in [0.05, 0.1) is 6.61 Å². The van der Waals surface area contributed by atoms with Gasteiger partial charge in [-0.25, -0.2) is 9.59 Å². The number of carbonyl (C=O) groups excluding carboxylic acids is 1. The third-order valence-corrected chi connectivity index (χ3v) is 3.70. The Morgan fingerprint density at radius 2 is 2.25 bits per heavy atom. The van der Waals surface area contributed by atoms with Crippen LogP contribution in [-0.2, 0) is 4.79 Å². The summed E-state index contributed by atoms with van der Waals surface area (Å²) in [6, 6.07) is -1.79. The van der Waals surface area contributed by atoms with Gasteiger partial charge >= 0.3 is 12.0 Å².